The Kier molecular flexibility index (Phi) is 5.00. The molecule has 0 N–H and O–H groups in total. The Balaban J connectivity index is 1.40. The summed E-state index contributed by atoms with van der Waals surface area (Å²) in [4.78, 5) is 0. The van der Waals surface area contributed by atoms with E-state index in [9.17, 15) is 0 Å². The monoisotopic (exact) mass is 530 g/mol. The fraction of sp³-hybridized carbons (Fsp3) is 0. The molecule has 0 atom stereocenters. The van der Waals surface area contributed by atoms with Crippen LogP contribution in [0.2, 0.25) is 0 Å². The van der Waals surface area contributed by atoms with Gasteiger partial charge in [-0.25, -0.2) is 0 Å². The van der Waals surface area contributed by atoms with Crippen molar-refractivity contribution >= 4 is 53.9 Å². The van der Waals surface area contributed by atoms with Gasteiger partial charge in [0, 0.05) is 0 Å². The van der Waals surface area contributed by atoms with E-state index in [0.717, 1.165) is 0 Å². The third-order valence-corrected chi connectivity index (χ3v) is 8.96. The lowest BCUT2D eigenvalue weighted by molar-refractivity contribution is 1.63. The highest BCUT2D eigenvalue weighted by molar-refractivity contribution is 6.30. The fourth-order valence-electron chi connectivity index (χ4n) is 7.08. The summed E-state index contributed by atoms with van der Waals surface area (Å²) in [6.07, 6.45) is 0. The minimum absolute atomic E-state index is 1.24. The molecule has 0 aliphatic heterocycles. The van der Waals surface area contributed by atoms with Gasteiger partial charge in [-0.1, -0.05) is 133 Å². The molecular weight excluding hydrogens is 504 g/mol. The first kappa shape index (κ1) is 23.3. The summed E-state index contributed by atoms with van der Waals surface area (Å²) < 4.78 is 0. The van der Waals surface area contributed by atoms with Gasteiger partial charge in [0.05, 0.1) is 0 Å². The molecule has 0 unspecified atom stereocenters. The molecule has 0 heterocycles. The van der Waals surface area contributed by atoms with Crippen molar-refractivity contribution in [1.82, 2.24) is 0 Å². The van der Waals surface area contributed by atoms with E-state index < -0.39 is 0 Å². The molecule has 0 saturated heterocycles. The van der Waals surface area contributed by atoms with Gasteiger partial charge < -0.3 is 0 Å². The summed E-state index contributed by atoms with van der Waals surface area (Å²) in [6, 6.07) is 58.1. The van der Waals surface area contributed by atoms with Crippen LogP contribution in [0.5, 0.6) is 0 Å². The Bertz CT molecular complexity index is 2440. The first-order chi connectivity index (χ1) is 20.8. The van der Waals surface area contributed by atoms with Gasteiger partial charge in [0.1, 0.15) is 0 Å². The predicted molar refractivity (Wildman–Crippen MR) is 181 cm³/mol. The molecule has 9 aromatic carbocycles. The molecule has 0 nitrogen and oxygen atoms in total. The van der Waals surface area contributed by atoms with Crippen molar-refractivity contribution in [2.45, 2.75) is 0 Å². The highest BCUT2D eigenvalue weighted by atomic mass is 14.2. The molecule has 0 bridgehead atoms. The van der Waals surface area contributed by atoms with Crippen LogP contribution in [-0.2, 0) is 0 Å². The molecule has 0 saturated carbocycles. The summed E-state index contributed by atoms with van der Waals surface area (Å²) in [7, 11) is 0. The number of hydrogen-bond donors (Lipinski definition) is 0. The molecule has 0 heteroatoms. The number of benzene rings is 9. The lowest BCUT2D eigenvalue weighted by Crippen LogP contribution is -1.93. The van der Waals surface area contributed by atoms with Crippen molar-refractivity contribution < 1.29 is 0 Å². The van der Waals surface area contributed by atoms with E-state index in [4.69, 9.17) is 0 Å². The molecule has 0 radical (unpaired) electrons. The number of hydrogen-bond acceptors (Lipinski definition) is 0. The molecule has 194 valence electrons. The van der Waals surface area contributed by atoms with Crippen LogP contribution in [0.15, 0.2) is 158 Å². The zero-order valence-electron chi connectivity index (χ0n) is 23.0. The second-order valence-electron chi connectivity index (χ2n) is 11.3. The maximum atomic E-state index is 2.42. The Hall–Kier alpha value is -5.46. The van der Waals surface area contributed by atoms with E-state index in [1.807, 2.05) is 0 Å². The van der Waals surface area contributed by atoms with Gasteiger partial charge in [0.25, 0.3) is 0 Å². The Morgan fingerprint density at radius 2 is 0.690 bits per heavy atom. The summed E-state index contributed by atoms with van der Waals surface area (Å²) in [5, 5.41) is 12.9. The van der Waals surface area contributed by atoms with E-state index in [0.29, 0.717) is 0 Å². The van der Waals surface area contributed by atoms with Crippen LogP contribution in [0.3, 0.4) is 0 Å². The van der Waals surface area contributed by atoms with Gasteiger partial charge in [-0.2, -0.15) is 0 Å². The quantitative estimate of drug-likeness (QED) is 0.199. The van der Waals surface area contributed by atoms with E-state index in [1.165, 1.54) is 87.2 Å². The van der Waals surface area contributed by atoms with Crippen LogP contribution in [0, 0.1) is 0 Å². The van der Waals surface area contributed by atoms with Gasteiger partial charge in [-0.05, 0) is 112 Å². The normalized spacial score (nSPS) is 11.8. The molecule has 0 aromatic heterocycles. The molecule has 0 spiro atoms. The van der Waals surface area contributed by atoms with Crippen molar-refractivity contribution in [1.29, 1.82) is 0 Å². The molecule has 0 amide bonds. The third kappa shape index (κ3) is 3.42. The van der Waals surface area contributed by atoms with E-state index in [2.05, 4.69) is 158 Å². The predicted octanol–water partition coefficient (Wildman–Crippen LogP) is 11.9. The Labute approximate surface area is 244 Å². The average molecular weight is 531 g/mol. The maximum Gasteiger partial charge on any atom is -0.00201 e. The second kappa shape index (κ2) is 9.03. The summed E-state index contributed by atoms with van der Waals surface area (Å²) in [5.41, 5.74) is 7.63. The first-order valence-corrected chi connectivity index (χ1v) is 14.6. The van der Waals surface area contributed by atoms with Crippen LogP contribution in [-0.4, -0.2) is 0 Å². The minimum atomic E-state index is 1.24. The largest absolute Gasteiger partial charge is 0.0622 e. The Morgan fingerprint density at radius 3 is 1.38 bits per heavy atom. The summed E-state index contributed by atoms with van der Waals surface area (Å²) in [5.74, 6) is 0. The molecule has 42 heavy (non-hydrogen) atoms. The van der Waals surface area contributed by atoms with E-state index >= 15 is 0 Å². The zero-order chi connectivity index (χ0) is 27.6. The van der Waals surface area contributed by atoms with E-state index in [-0.39, 0.29) is 0 Å². The van der Waals surface area contributed by atoms with Crippen LogP contribution in [0.4, 0.5) is 0 Å². The Morgan fingerprint density at radius 1 is 0.238 bits per heavy atom. The molecular formula is C42H26. The fourth-order valence-corrected chi connectivity index (χ4v) is 7.08. The van der Waals surface area contributed by atoms with Crippen LogP contribution in [0.25, 0.3) is 87.2 Å². The van der Waals surface area contributed by atoms with Crippen LogP contribution < -0.4 is 0 Å². The van der Waals surface area contributed by atoms with Gasteiger partial charge in [-0.3, -0.25) is 0 Å². The number of rotatable bonds is 3. The van der Waals surface area contributed by atoms with Crippen molar-refractivity contribution in [3.63, 3.8) is 0 Å². The topological polar surface area (TPSA) is 0 Å². The highest BCUT2D eigenvalue weighted by Gasteiger charge is 2.19. The lowest BCUT2D eigenvalue weighted by Gasteiger charge is -2.20. The van der Waals surface area contributed by atoms with Crippen molar-refractivity contribution in [2.75, 3.05) is 0 Å². The van der Waals surface area contributed by atoms with Crippen molar-refractivity contribution in [2.24, 2.45) is 0 Å². The standard InChI is InChI=1S/C42H26/c1-2-11-28(12-3-1)37-23-29-14-4-5-15-30(29)24-40(37)39-26-32-18-9-21-35-38(25-31-17-10-22-36(39)42(31)41(32)35)34-20-8-16-27-13-6-7-19-33(27)34/h1-26H. The lowest BCUT2D eigenvalue weighted by atomic mass is 9.83. The van der Waals surface area contributed by atoms with Gasteiger partial charge in [-0.15, -0.1) is 0 Å². The minimum Gasteiger partial charge on any atom is -0.0622 e. The molecule has 0 aliphatic carbocycles. The maximum absolute atomic E-state index is 2.42. The first-order valence-electron chi connectivity index (χ1n) is 14.6. The summed E-state index contributed by atoms with van der Waals surface area (Å²) in [6.45, 7) is 0. The number of fused-ring (bicyclic) bond motifs is 2. The van der Waals surface area contributed by atoms with E-state index in [1.54, 1.807) is 0 Å². The van der Waals surface area contributed by atoms with Crippen LogP contribution in [0.1, 0.15) is 0 Å². The van der Waals surface area contributed by atoms with Gasteiger partial charge in [0.2, 0.25) is 0 Å². The molecule has 9 rings (SSSR count). The summed E-state index contributed by atoms with van der Waals surface area (Å²) >= 11 is 0. The molecule has 0 aliphatic rings. The van der Waals surface area contributed by atoms with Gasteiger partial charge in [0.15, 0.2) is 0 Å². The molecule has 9 aromatic rings. The highest BCUT2D eigenvalue weighted by Crippen LogP contribution is 2.47. The van der Waals surface area contributed by atoms with Crippen molar-refractivity contribution in [3.8, 4) is 33.4 Å². The van der Waals surface area contributed by atoms with Crippen molar-refractivity contribution in [3.05, 3.63) is 158 Å². The second-order valence-corrected chi connectivity index (χ2v) is 11.3. The van der Waals surface area contributed by atoms with Crippen LogP contribution >= 0.6 is 0 Å². The SMILES string of the molecule is c1ccc(-c2cc3ccccc3cc2-c2cc3cccc4c(-c5cccc6ccccc56)cc5cccc2c5c34)cc1. The molecule has 0 fully saturated rings. The van der Waals surface area contributed by atoms with Gasteiger partial charge >= 0.3 is 0 Å². The third-order valence-electron chi connectivity index (χ3n) is 8.96. The zero-order valence-corrected chi connectivity index (χ0v) is 23.0. The average Bonchev–Trinajstić information content (AvgIpc) is 3.06. The smallest absolute Gasteiger partial charge is 0.00201 e.